The van der Waals surface area contributed by atoms with Gasteiger partial charge in [0.25, 0.3) is 0 Å². The van der Waals surface area contributed by atoms with Crippen LogP contribution >= 0.6 is 0 Å². The highest BCUT2D eigenvalue weighted by Crippen LogP contribution is 2.34. The molecule has 2 aromatic rings. The molecular formula is C20H21N3O3. The van der Waals surface area contributed by atoms with Gasteiger partial charge in [0.2, 0.25) is 5.91 Å². The van der Waals surface area contributed by atoms with Gasteiger partial charge >= 0.3 is 6.09 Å². The van der Waals surface area contributed by atoms with E-state index in [1.54, 1.807) is 4.90 Å². The summed E-state index contributed by atoms with van der Waals surface area (Å²) in [6.45, 7) is 2.31. The SMILES string of the molecule is O=C(CCN1CCOC1=O)Nc1ccc(N2CCc3ccccc32)cc1. The van der Waals surface area contributed by atoms with Gasteiger partial charge in [-0.3, -0.25) is 4.79 Å². The molecule has 2 aliphatic rings. The average molecular weight is 351 g/mol. The van der Waals surface area contributed by atoms with Crippen molar-refractivity contribution in [1.82, 2.24) is 4.90 Å². The van der Waals surface area contributed by atoms with Crippen LogP contribution in [-0.4, -0.2) is 43.1 Å². The molecule has 1 saturated heterocycles. The van der Waals surface area contributed by atoms with Gasteiger partial charge in [-0.2, -0.15) is 0 Å². The van der Waals surface area contributed by atoms with Gasteiger partial charge in [0.1, 0.15) is 6.61 Å². The zero-order valence-electron chi connectivity index (χ0n) is 14.5. The van der Waals surface area contributed by atoms with E-state index in [0.29, 0.717) is 19.7 Å². The van der Waals surface area contributed by atoms with Crippen LogP contribution in [0.3, 0.4) is 0 Å². The van der Waals surface area contributed by atoms with Crippen LogP contribution in [0.25, 0.3) is 0 Å². The van der Waals surface area contributed by atoms with E-state index in [-0.39, 0.29) is 18.4 Å². The molecule has 0 saturated carbocycles. The normalized spacial score (nSPS) is 15.8. The first-order valence-electron chi connectivity index (χ1n) is 8.88. The highest BCUT2D eigenvalue weighted by atomic mass is 16.6. The van der Waals surface area contributed by atoms with Gasteiger partial charge in [-0.1, -0.05) is 18.2 Å². The molecule has 0 radical (unpaired) electrons. The first-order valence-corrected chi connectivity index (χ1v) is 8.88. The van der Waals surface area contributed by atoms with Gasteiger partial charge in [-0.05, 0) is 42.3 Å². The molecule has 2 aromatic carbocycles. The van der Waals surface area contributed by atoms with Crippen LogP contribution in [0.4, 0.5) is 21.9 Å². The van der Waals surface area contributed by atoms with Gasteiger partial charge < -0.3 is 19.9 Å². The standard InChI is InChI=1S/C20H21N3O3/c24-19(10-11-22-13-14-26-20(22)25)21-16-5-7-17(8-6-16)23-12-9-15-3-1-2-4-18(15)23/h1-8H,9-14H2,(H,21,24). The summed E-state index contributed by atoms with van der Waals surface area (Å²) in [5.41, 5.74) is 4.50. The van der Waals surface area contributed by atoms with Crippen LogP contribution in [0, 0.1) is 0 Å². The number of fused-ring (bicyclic) bond motifs is 1. The van der Waals surface area contributed by atoms with Crippen LogP contribution in [-0.2, 0) is 16.0 Å². The second-order valence-corrected chi connectivity index (χ2v) is 6.48. The molecule has 6 heteroatoms. The number of ether oxygens (including phenoxy) is 1. The van der Waals surface area contributed by atoms with Gasteiger partial charge in [0, 0.05) is 36.6 Å². The molecule has 4 rings (SSSR count). The number of nitrogens with one attached hydrogen (secondary N) is 1. The molecule has 0 bridgehead atoms. The number of para-hydroxylation sites is 1. The first kappa shape index (κ1) is 16.4. The van der Waals surface area contributed by atoms with Crippen LogP contribution in [0.5, 0.6) is 0 Å². The van der Waals surface area contributed by atoms with Crippen LogP contribution < -0.4 is 10.2 Å². The minimum atomic E-state index is -0.340. The van der Waals surface area contributed by atoms with Crippen molar-refractivity contribution < 1.29 is 14.3 Å². The Bertz CT molecular complexity index is 819. The summed E-state index contributed by atoms with van der Waals surface area (Å²) in [6.07, 6.45) is 0.970. The molecule has 0 aromatic heterocycles. The second kappa shape index (κ2) is 7.07. The molecule has 2 amide bonds. The summed E-state index contributed by atoms with van der Waals surface area (Å²) in [5, 5.41) is 2.88. The maximum atomic E-state index is 12.1. The van der Waals surface area contributed by atoms with Crippen molar-refractivity contribution in [2.75, 3.05) is 36.5 Å². The number of carbonyl (C=O) groups excluding carboxylic acids is 2. The minimum absolute atomic E-state index is 0.107. The third-order valence-corrected chi connectivity index (χ3v) is 4.80. The van der Waals surface area contributed by atoms with Crippen molar-refractivity contribution in [2.24, 2.45) is 0 Å². The Morgan fingerprint density at radius 1 is 1.08 bits per heavy atom. The lowest BCUT2D eigenvalue weighted by Crippen LogP contribution is -2.28. The Kier molecular flexibility index (Phi) is 4.48. The lowest BCUT2D eigenvalue weighted by molar-refractivity contribution is -0.116. The number of nitrogens with zero attached hydrogens (tertiary/aromatic N) is 2. The lowest BCUT2D eigenvalue weighted by atomic mass is 10.2. The Morgan fingerprint density at radius 2 is 1.88 bits per heavy atom. The summed E-state index contributed by atoms with van der Waals surface area (Å²) in [5.74, 6) is -0.107. The summed E-state index contributed by atoms with van der Waals surface area (Å²) >= 11 is 0. The fourth-order valence-corrected chi connectivity index (χ4v) is 3.42. The van der Waals surface area contributed by atoms with E-state index in [9.17, 15) is 9.59 Å². The Morgan fingerprint density at radius 3 is 2.65 bits per heavy atom. The predicted molar refractivity (Wildman–Crippen MR) is 99.8 cm³/mol. The van der Waals surface area contributed by atoms with E-state index in [4.69, 9.17) is 4.74 Å². The van der Waals surface area contributed by atoms with E-state index >= 15 is 0 Å². The van der Waals surface area contributed by atoms with Crippen LogP contribution in [0.15, 0.2) is 48.5 Å². The van der Waals surface area contributed by atoms with Gasteiger partial charge in [0.05, 0.1) is 6.54 Å². The Balaban J connectivity index is 1.35. The van der Waals surface area contributed by atoms with Crippen molar-refractivity contribution in [3.8, 4) is 0 Å². The average Bonchev–Trinajstić information content (AvgIpc) is 3.27. The van der Waals surface area contributed by atoms with E-state index in [0.717, 1.165) is 24.3 Å². The molecule has 1 N–H and O–H groups in total. The number of amides is 2. The van der Waals surface area contributed by atoms with Crippen molar-refractivity contribution in [2.45, 2.75) is 12.8 Å². The van der Waals surface area contributed by atoms with Crippen molar-refractivity contribution in [3.05, 3.63) is 54.1 Å². The number of benzene rings is 2. The Hall–Kier alpha value is -3.02. The highest BCUT2D eigenvalue weighted by Gasteiger charge is 2.22. The summed E-state index contributed by atoms with van der Waals surface area (Å²) in [6, 6.07) is 16.3. The number of rotatable bonds is 5. The zero-order valence-corrected chi connectivity index (χ0v) is 14.5. The molecule has 0 unspecified atom stereocenters. The number of cyclic esters (lactones) is 1. The van der Waals surface area contributed by atoms with E-state index < -0.39 is 0 Å². The van der Waals surface area contributed by atoms with Crippen LogP contribution in [0.2, 0.25) is 0 Å². The predicted octanol–water partition coefficient (Wildman–Crippen LogP) is 3.16. The third kappa shape index (κ3) is 3.35. The molecule has 6 nitrogen and oxygen atoms in total. The van der Waals surface area contributed by atoms with Gasteiger partial charge in [0.15, 0.2) is 0 Å². The lowest BCUT2D eigenvalue weighted by Gasteiger charge is -2.20. The second-order valence-electron chi connectivity index (χ2n) is 6.48. The molecule has 0 spiro atoms. The molecule has 0 atom stereocenters. The van der Waals surface area contributed by atoms with Gasteiger partial charge in [-0.25, -0.2) is 4.79 Å². The highest BCUT2D eigenvalue weighted by molar-refractivity contribution is 5.91. The largest absolute Gasteiger partial charge is 0.448 e. The monoisotopic (exact) mass is 351 g/mol. The molecule has 0 aliphatic carbocycles. The number of carbonyl (C=O) groups is 2. The minimum Gasteiger partial charge on any atom is -0.448 e. The summed E-state index contributed by atoms with van der Waals surface area (Å²) in [7, 11) is 0. The van der Waals surface area contributed by atoms with E-state index in [1.165, 1.54) is 11.3 Å². The molecule has 1 fully saturated rings. The van der Waals surface area contributed by atoms with Crippen molar-refractivity contribution in [1.29, 1.82) is 0 Å². The first-order chi connectivity index (χ1) is 12.7. The third-order valence-electron chi connectivity index (χ3n) is 4.80. The molecule has 2 aliphatic heterocycles. The maximum Gasteiger partial charge on any atom is 0.409 e. The van der Waals surface area contributed by atoms with Crippen molar-refractivity contribution in [3.63, 3.8) is 0 Å². The zero-order chi connectivity index (χ0) is 17.9. The maximum absolute atomic E-state index is 12.1. The number of anilines is 3. The van der Waals surface area contributed by atoms with Crippen LogP contribution in [0.1, 0.15) is 12.0 Å². The quantitative estimate of drug-likeness (QED) is 0.899. The fraction of sp³-hybridized carbons (Fsp3) is 0.300. The smallest absolute Gasteiger partial charge is 0.409 e. The summed E-state index contributed by atoms with van der Waals surface area (Å²) < 4.78 is 4.85. The van der Waals surface area contributed by atoms with E-state index in [2.05, 4.69) is 34.5 Å². The molecule has 26 heavy (non-hydrogen) atoms. The summed E-state index contributed by atoms with van der Waals surface area (Å²) in [4.78, 5) is 27.3. The molecular weight excluding hydrogens is 330 g/mol. The van der Waals surface area contributed by atoms with Gasteiger partial charge in [-0.15, -0.1) is 0 Å². The topological polar surface area (TPSA) is 61.9 Å². The molecule has 2 heterocycles. The number of hydrogen-bond donors (Lipinski definition) is 1. The van der Waals surface area contributed by atoms with Crippen molar-refractivity contribution >= 4 is 29.1 Å². The van der Waals surface area contributed by atoms with E-state index in [1.807, 2.05) is 24.3 Å². The Labute approximate surface area is 152 Å². The molecule has 134 valence electrons. The fourth-order valence-electron chi connectivity index (χ4n) is 3.42. The number of hydrogen-bond acceptors (Lipinski definition) is 4.